The van der Waals surface area contributed by atoms with Crippen LogP contribution in [0.1, 0.15) is 186 Å². The third-order valence-electron chi connectivity index (χ3n) is 27.0. The van der Waals surface area contributed by atoms with Gasteiger partial charge in [-0.25, -0.2) is 9.59 Å². The summed E-state index contributed by atoms with van der Waals surface area (Å²) in [4.78, 5) is 24.0. The quantitative estimate of drug-likeness (QED) is 0.120. The first-order chi connectivity index (χ1) is 40.8. The number of ether oxygens (including phenoxy) is 2. The minimum Gasteiger partial charge on any atom is -0.478 e. The molecule has 4 unspecified atom stereocenters. The fourth-order valence-electron chi connectivity index (χ4n) is 25.8. The van der Waals surface area contributed by atoms with E-state index < -0.39 is 11.9 Å². The molecule has 16 aliphatic rings. The van der Waals surface area contributed by atoms with E-state index >= 15 is 0 Å². The zero-order valence-electron chi connectivity index (χ0n) is 49.0. The molecule has 430 valence electrons. The Labute approximate surface area is 496 Å². The molecule has 0 saturated heterocycles. The van der Waals surface area contributed by atoms with Crippen molar-refractivity contribution in [1.29, 1.82) is 0 Å². The van der Waals surface area contributed by atoms with E-state index in [0.29, 0.717) is 33.2 Å². The molecule has 16 saturated carbocycles. The highest BCUT2D eigenvalue weighted by atomic mass is 16.5. The number of hydrogen-bond donors (Lipinski definition) is 2. The van der Waals surface area contributed by atoms with Gasteiger partial charge in [0.25, 0.3) is 0 Å². The van der Waals surface area contributed by atoms with E-state index in [-0.39, 0.29) is 22.0 Å². The normalized spacial score (nSPS) is 39.2. The second-order valence-corrected chi connectivity index (χ2v) is 31.8. The average Bonchev–Trinajstić information content (AvgIpc) is 0.728. The van der Waals surface area contributed by atoms with Crippen molar-refractivity contribution in [3.8, 4) is 56.4 Å². The smallest absolute Gasteiger partial charge is 0.335 e. The molecule has 6 nitrogen and oxygen atoms in total. The van der Waals surface area contributed by atoms with Crippen LogP contribution in [0.4, 0.5) is 0 Å². The topological polar surface area (TPSA) is 93.1 Å². The zero-order valence-corrected chi connectivity index (χ0v) is 49.0. The largest absolute Gasteiger partial charge is 0.478 e. The summed E-state index contributed by atoms with van der Waals surface area (Å²) in [5, 5.41) is 19.7. The maximum absolute atomic E-state index is 12.0. The van der Waals surface area contributed by atoms with Gasteiger partial charge in [-0.2, -0.15) is 0 Å². The predicted molar refractivity (Wildman–Crippen MR) is 328 cm³/mol. The summed E-state index contributed by atoms with van der Waals surface area (Å²) in [7, 11) is 0. The summed E-state index contributed by atoms with van der Waals surface area (Å²) in [5.74, 6) is 9.62. The minimum atomic E-state index is -0.952. The molecule has 6 heteroatoms. The Morgan fingerprint density at radius 3 is 0.964 bits per heavy atom. The van der Waals surface area contributed by atoms with E-state index in [4.69, 9.17) is 9.47 Å². The van der Waals surface area contributed by atoms with Crippen LogP contribution in [0.3, 0.4) is 0 Å². The third kappa shape index (κ3) is 7.77. The van der Waals surface area contributed by atoms with Crippen LogP contribution < -0.4 is 9.47 Å². The van der Waals surface area contributed by atoms with Crippen LogP contribution in [0.2, 0.25) is 0 Å². The molecule has 0 heterocycles. The molecular formula is C78H82O6. The van der Waals surface area contributed by atoms with Gasteiger partial charge in [-0.3, -0.25) is 0 Å². The monoisotopic (exact) mass is 1110 g/mol. The second-order valence-electron chi connectivity index (χ2n) is 31.8. The van der Waals surface area contributed by atoms with Crippen molar-refractivity contribution in [3.63, 3.8) is 0 Å². The molecule has 0 aromatic heterocycles. The zero-order chi connectivity index (χ0) is 56.0. The first kappa shape index (κ1) is 51.1. The fraction of sp³-hybridized carbons (Fsp3) is 0.513. The molecule has 0 aliphatic heterocycles. The fourth-order valence-corrected chi connectivity index (χ4v) is 25.8. The van der Waals surface area contributed by atoms with Crippen LogP contribution in [0.15, 0.2) is 133 Å². The lowest BCUT2D eigenvalue weighted by Gasteiger charge is -2.72. The number of carboxylic acid groups (broad SMARTS) is 2. The number of carbonyl (C=O) groups is 2. The first-order valence-electron chi connectivity index (χ1n) is 33.3. The van der Waals surface area contributed by atoms with Gasteiger partial charge >= 0.3 is 11.9 Å². The van der Waals surface area contributed by atoms with Gasteiger partial charge in [0.1, 0.15) is 23.0 Å². The van der Waals surface area contributed by atoms with Gasteiger partial charge in [0.15, 0.2) is 0 Å². The first-order valence-corrected chi connectivity index (χ1v) is 33.3. The molecule has 0 spiro atoms. The molecule has 6 aromatic rings. The molecule has 0 radical (unpaired) electrons. The van der Waals surface area contributed by atoms with Crippen LogP contribution in [-0.2, 0) is 10.8 Å². The van der Waals surface area contributed by atoms with E-state index in [0.717, 1.165) is 92.9 Å². The Hall–Kier alpha value is -6.14. The molecule has 84 heavy (non-hydrogen) atoms. The van der Waals surface area contributed by atoms with E-state index in [1.165, 1.54) is 165 Å². The maximum Gasteiger partial charge on any atom is 0.335 e. The number of para-hydroxylation sites is 2. The van der Waals surface area contributed by atoms with Crippen LogP contribution in [-0.4, -0.2) is 22.2 Å². The highest BCUT2D eigenvalue weighted by molar-refractivity contribution is 5.95. The molecule has 16 bridgehead atoms. The minimum absolute atomic E-state index is 0.119. The predicted octanol–water partition coefficient (Wildman–Crippen LogP) is 19.8. The van der Waals surface area contributed by atoms with Gasteiger partial charge in [-0.15, -0.1) is 0 Å². The van der Waals surface area contributed by atoms with Gasteiger partial charge in [-0.1, -0.05) is 60.7 Å². The highest BCUT2D eigenvalue weighted by Crippen LogP contribution is 2.79. The Bertz CT molecular complexity index is 3340. The van der Waals surface area contributed by atoms with Gasteiger partial charge in [0.2, 0.25) is 0 Å². The van der Waals surface area contributed by atoms with Crippen molar-refractivity contribution >= 4 is 11.9 Å². The van der Waals surface area contributed by atoms with E-state index in [2.05, 4.69) is 84.9 Å². The Morgan fingerprint density at radius 1 is 0.321 bits per heavy atom. The van der Waals surface area contributed by atoms with Crippen molar-refractivity contribution in [2.24, 2.45) is 80.8 Å². The number of carboxylic acids is 2. The van der Waals surface area contributed by atoms with E-state index in [9.17, 15) is 19.8 Å². The summed E-state index contributed by atoms with van der Waals surface area (Å²) in [5.41, 5.74) is 12.5. The molecular weight excluding hydrogens is 1030 g/mol. The summed E-state index contributed by atoms with van der Waals surface area (Å²) in [6.45, 7) is 0. The highest BCUT2D eigenvalue weighted by Gasteiger charge is 2.70. The summed E-state index contributed by atoms with van der Waals surface area (Å²) in [6.07, 6.45) is 34.4. The van der Waals surface area contributed by atoms with Crippen LogP contribution >= 0.6 is 0 Å². The van der Waals surface area contributed by atoms with Gasteiger partial charge < -0.3 is 19.7 Å². The lowest BCUT2D eigenvalue weighted by Crippen LogP contribution is -2.63. The molecule has 16 fully saturated rings. The maximum atomic E-state index is 12.0. The van der Waals surface area contributed by atoms with Crippen molar-refractivity contribution in [2.45, 2.75) is 165 Å². The molecule has 4 atom stereocenters. The summed E-state index contributed by atoms with van der Waals surface area (Å²) >= 11 is 0. The summed E-state index contributed by atoms with van der Waals surface area (Å²) < 4.78 is 13.8. The van der Waals surface area contributed by atoms with E-state index in [1.54, 1.807) is 59.7 Å². The average molecular weight is 1120 g/mol. The lowest BCUT2D eigenvalue weighted by molar-refractivity contribution is -0.205. The molecule has 16 aliphatic carbocycles. The standard InChI is InChI=1S/C78H82O6/c79-71(80)57-9-15-61(16-10-57)83-69-7-3-1-5-65(69)63-19-13-59(73-31-53-27-54(32-73)42-77(41-53,45-73)75-35-47-21-48(36-75)23-49(22-47)37-75)29-67(63)68-30-60(14-20-64(68)66-6-2-4-8-70(66)84-62-17-11-58(12-18-62)72(81)82)74-33-55-28-56(34-74)44-78(43-55,46-74)76-38-50-24-51(39-76)26-52(25-50)40-76/h1-20,29-30,47-56H,21-28,31-46H2,(H,79,80)(H,81,82). The van der Waals surface area contributed by atoms with Crippen LogP contribution in [0, 0.1) is 80.8 Å². The van der Waals surface area contributed by atoms with Gasteiger partial charge in [0, 0.05) is 11.1 Å². The number of aromatic carboxylic acids is 2. The Kier molecular flexibility index (Phi) is 11.1. The van der Waals surface area contributed by atoms with Crippen molar-refractivity contribution in [2.75, 3.05) is 0 Å². The Balaban J connectivity index is 0.831. The van der Waals surface area contributed by atoms with Crippen molar-refractivity contribution in [1.82, 2.24) is 0 Å². The van der Waals surface area contributed by atoms with E-state index in [1.807, 2.05) is 0 Å². The van der Waals surface area contributed by atoms with Gasteiger partial charge in [0.05, 0.1) is 11.1 Å². The Morgan fingerprint density at radius 2 is 0.631 bits per heavy atom. The molecule has 2 N–H and O–H groups in total. The van der Waals surface area contributed by atoms with Crippen molar-refractivity contribution < 1.29 is 29.3 Å². The second kappa shape index (κ2) is 18.2. The summed E-state index contributed by atoms with van der Waals surface area (Å²) in [6, 6.07) is 46.3. The lowest BCUT2D eigenvalue weighted by atomic mass is 9.32. The van der Waals surface area contributed by atoms with Crippen molar-refractivity contribution in [3.05, 3.63) is 156 Å². The number of hydrogen-bond acceptors (Lipinski definition) is 4. The number of rotatable bonds is 13. The molecule has 22 rings (SSSR count). The molecule has 0 amide bonds. The number of benzene rings is 6. The van der Waals surface area contributed by atoms with Crippen LogP contribution in [0.25, 0.3) is 33.4 Å². The van der Waals surface area contributed by atoms with Gasteiger partial charge in [-0.05, 0) is 352 Å². The third-order valence-corrected chi connectivity index (χ3v) is 27.0. The van der Waals surface area contributed by atoms with Crippen LogP contribution in [0.5, 0.6) is 23.0 Å². The SMILES string of the molecule is O=C(O)c1ccc(Oc2ccccc2-c2ccc(C34CC5CC(C3)CC(C36CC7CC(CC(C7)C3)C6)(C5)C4)cc2-c2cc(C34CC5CC(C3)CC(C36CC7CC(CC(C7)C3)C6)(C5)C4)ccc2-c2ccccc2Oc2ccc(C(=O)O)cc2)cc1. The molecule has 6 aromatic carbocycles.